The Kier molecular flexibility index (Phi) is 5.85. The molecule has 7 heteroatoms. The van der Waals surface area contributed by atoms with Crippen LogP contribution in [0.4, 0.5) is 0 Å². The van der Waals surface area contributed by atoms with Crippen LogP contribution in [0.5, 0.6) is 0 Å². The van der Waals surface area contributed by atoms with E-state index in [1.165, 1.54) is 0 Å². The first-order valence-corrected chi connectivity index (χ1v) is 5.93. The molecule has 0 amide bonds. The highest BCUT2D eigenvalue weighted by Gasteiger charge is 2.45. The van der Waals surface area contributed by atoms with Gasteiger partial charge in [-0.1, -0.05) is 17.8 Å². The number of azide groups is 1. The SMILES string of the molecule is C=CCO[C@@H]1O[C@@H](C)[C@@H](O)[C@@H](OC(=C)C)[C@@H]1N=[N+]=[N-]. The average Bonchev–Trinajstić information content (AvgIpc) is 2.36. The fourth-order valence-electron chi connectivity index (χ4n) is 1.85. The van der Waals surface area contributed by atoms with Gasteiger partial charge in [-0.05, 0) is 19.4 Å². The third-order valence-electron chi connectivity index (χ3n) is 2.68. The molecular weight excluding hydrogens is 250 g/mol. The summed E-state index contributed by atoms with van der Waals surface area (Å²) >= 11 is 0. The van der Waals surface area contributed by atoms with E-state index in [9.17, 15) is 5.11 Å². The molecule has 0 bridgehead atoms. The minimum absolute atomic E-state index is 0.241. The first kappa shape index (κ1) is 15.5. The van der Waals surface area contributed by atoms with Gasteiger partial charge in [-0.25, -0.2) is 0 Å². The summed E-state index contributed by atoms with van der Waals surface area (Å²) in [5.41, 5.74) is 8.63. The Morgan fingerprint density at radius 1 is 1.63 bits per heavy atom. The lowest BCUT2D eigenvalue weighted by Crippen LogP contribution is -2.57. The van der Waals surface area contributed by atoms with Crippen molar-refractivity contribution < 1.29 is 19.3 Å². The molecule has 1 heterocycles. The topological polar surface area (TPSA) is 96.7 Å². The van der Waals surface area contributed by atoms with Gasteiger partial charge >= 0.3 is 0 Å². The standard InChI is InChI=1S/C12H19N3O4/c1-5-6-17-12-9(14-15-13)11(18-7(2)3)10(16)8(4)19-12/h5,8-12,16H,1-2,6H2,3-4H3/t8-,9-,10+,11-,12+/m0/s1. The van der Waals surface area contributed by atoms with E-state index in [2.05, 4.69) is 23.2 Å². The maximum atomic E-state index is 10.1. The number of hydrogen-bond donors (Lipinski definition) is 1. The van der Waals surface area contributed by atoms with Crippen molar-refractivity contribution in [2.24, 2.45) is 5.11 Å². The molecule has 0 aromatic rings. The van der Waals surface area contributed by atoms with E-state index in [1.807, 2.05) is 0 Å². The quantitative estimate of drug-likeness (QED) is 0.262. The molecule has 0 aromatic carbocycles. The third kappa shape index (κ3) is 3.97. The van der Waals surface area contributed by atoms with Gasteiger partial charge in [0.25, 0.3) is 0 Å². The van der Waals surface area contributed by atoms with E-state index in [0.29, 0.717) is 5.76 Å². The first-order valence-electron chi connectivity index (χ1n) is 5.93. The fourth-order valence-corrected chi connectivity index (χ4v) is 1.85. The first-order chi connectivity index (χ1) is 9.01. The zero-order chi connectivity index (χ0) is 14.4. The van der Waals surface area contributed by atoms with Gasteiger partial charge in [-0.2, -0.15) is 0 Å². The van der Waals surface area contributed by atoms with Crippen molar-refractivity contribution in [2.45, 2.75) is 44.5 Å². The van der Waals surface area contributed by atoms with E-state index in [4.69, 9.17) is 19.7 Å². The number of allylic oxidation sites excluding steroid dienone is 1. The molecule has 7 nitrogen and oxygen atoms in total. The summed E-state index contributed by atoms with van der Waals surface area (Å²) in [7, 11) is 0. The monoisotopic (exact) mass is 269 g/mol. The summed E-state index contributed by atoms with van der Waals surface area (Å²) in [6, 6.07) is -0.798. The summed E-state index contributed by atoms with van der Waals surface area (Å²) < 4.78 is 16.3. The van der Waals surface area contributed by atoms with Gasteiger partial charge in [-0.3, -0.25) is 0 Å². The molecule has 0 aromatic heterocycles. The van der Waals surface area contributed by atoms with Crippen LogP contribution in [0.25, 0.3) is 10.4 Å². The van der Waals surface area contributed by atoms with Crippen LogP contribution < -0.4 is 0 Å². The highest BCUT2D eigenvalue weighted by Crippen LogP contribution is 2.27. The highest BCUT2D eigenvalue weighted by atomic mass is 16.7. The van der Waals surface area contributed by atoms with Crippen molar-refractivity contribution in [2.75, 3.05) is 6.61 Å². The van der Waals surface area contributed by atoms with Gasteiger partial charge in [-0.15, -0.1) is 6.58 Å². The Morgan fingerprint density at radius 3 is 2.84 bits per heavy atom. The van der Waals surface area contributed by atoms with Crippen LogP contribution in [-0.4, -0.2) is 42.4 Å². The average molecular weight is 269 g/mol. The minimum atomic E-state index is -0.934. The fraction of sp³-hybridized carbons (Fsp3) is 0.667. The molecule has 19 heavy (non-hydrogen) atoms. The van der Waals surface area contributed by atoms with Gasteiger partial charge in [0, 0.05) is 4.91 Å². The molecule has 1 saturated heterocycles. The number of nitrogens with zero attached hydrogens (tertiary/aromatic N) is 3. The van der Waals surface area contributed by atoms with Crippen LogP contribution in [0.15, 0.2) is 30.1 Å². The van der Waals surface area contributed by atoms with Crippen LogP contribution >= 0.6 is 0 Å². The van der Waals surface area contributed by atoms with Crippen molar-refractivity contribution in [1.29, 1.82) is 0 Å². The molecule has 1 aliphatic heterocycles. The number of rotatable bonds is 6. The molecule has 1 fully saturated rings. The molecular formula is C12H19N3O4. The molecule has 0 radical (unpaired) electrons. The summed E-state index contributed by atoms with van der Waals surface area (Å²) in [4.78, 5) is 2.75. The van der Waals surface area contributed by atoms with E-state index < -0.39 is 30.6 Å². The molecule has 0 spiro atoms. The van der Waals surface area contributed by atoms with Crippen LogP contribution in [0, 0.1) is 0 Å². The summed E-state index contributed by atoms with van der Waals surface area (Å²) in [6.07, 6.45) is -1.44. The second-order valence-corrected chi connectivity index (χ2v) is 4.30. The van der Waals surface area contributed by atoms with Gasteiger partial charge in [0.2, 0.25) is 0 Å². The molecule has 0 saturated carbocycles. The zero-order valence-electron chi connectivity index (χ0n) is 11.1. The summed E-state index contributed by atoms with van der Waals surface area (Å²) in [6.45, 7) is 10.7. The van der Waals surface area contributed by atoms with Crippen LogP contribution in [0.1, 0.15) is 13.8 Å². The summed E-state index contributed by atoms with van der Waals surface area (Å²) in [5.74, 6) is 0.416. The predicted octanol–water partition coefficient (Wildman–Crippen LogP) is 1.89. The Labute approximate surface area is 112 Å². The lowest BCUT2D eigenvalue weighted by atomic mass is 9.98. The molecule has 1 aliphatic rings. The summed E-state index contributed by atoms with van der Waals surface area (Å²) in [5, 5.41) is 13.7. The smallest absolute Gasteiger partial charge is 0.170 e. The second-order valence-electron chi connectivity index (χ2n) is 4.30. The van der Waals surface area contributed by atoms with E-state index >= 15 is 0 Å². The van der Waals surface area contributed by atoms with Crippen molar-refractivity contribution in [3.63, 3.8) is 0 Å². The maximum absolute atomic E-state index is 10.1. The number of aliphatic hydroxyl groups excluding tert-OH is 1. The molecule has 1 N–H and O–H groups in total. The van der Waals surface area contributed by atoms with Crippen LogP contribution in [-0.2, 0) is 14.2 Å². The Bertz CT molecular complexity index is 381. The molecule has 106 valence electrons. The lowest BCUT2D eigenvalue weighted by Gasteiger charge is -2.41. The lowest BCUT2D eigenvalue weighted by molar-refractivity contribution is -0.254. The van der Waals surface area contributed by atoms with Gasteiger partial charge in [0.05, 0.1) is 18.5 Å². The predicted molar refractivity (Wildman–Crippen MR) is 69.1 cm³/mol. The number of hydrogen-bond acceptors (Lipinski definition) is 5. The van der Waals surface area contributed by atoms with Gasteiger partial charge in [0.1, 0.15) is 18.2 Å². The van der Waals surface area contributed by atoms with Crippen LogP contribution in [0.3, 0.4) is 0 Å². The largest absolute Gasteiger partial charge is 0.492 e. The van der Waals surface area contributed by atoms with Crippen LogP contribution in [0.2, 0.25) is 0 Å². The molecule has 0 unspecified atom stereocenters. The third-order valence-corrected chi connectivity index (χ3v) is 2.68. The van der Waals surface area contributed by atoms with Crippen molar-refractivity contribution in [3.8, 4) is 0 Å². The Morgan fingerprint density at radius 2 is 2.32 bits per heavy atom. The van der Waals surface area contributed by atoms with Gasteiger partial charge in [0.15, 0.2) is 6.29 Å². The Hall–Kier alpha value is -1.53. The Balaban J connectivity index is 2.95. The normalized spacial score (nSPS) is 34.2. The number of ether oxygens (including phenoxy) is 3. The van der Waals surface area contributed by atoms with Crippen molar-refractivity contribution in [1.82, 2.24) is 0 Å². The molecule has 0 aliphatic carbocycles. The van der Waals surface area contributed by atoms with Crippen molar-refractivity contribution >= 4 is 0 Å². The van der Waals surface area contributed by atoms with E-state index in [0.717, 1.165) is 0 Å². The maximum Gasteiger partial charge on any atom is 0.170 e. The molecule has 5 atom stereocenters. The number of aliphatic hydroxyl groups is 1. The zero-order valence-corrected chi connectivity index (χ0v) is 11.1. The van der Waals surface area contributed by atoms with E-state index in [-0.39, 0.29) is 6.61 Å². The minimum Gasteiger partial charge on any atom is -0.492 e. The molecule has 1 rings (SSSR count). The highest BCUT2D eigenvalue weighted by molar-refractivity contribution is 4.96. The van der Waals surface area contributed by atoms with E-state index in [1.54, 1.807) is 19.9 Å². The van der Waals surface area contributed by atoms with Gasteiger partial charge < -0.3 is 19.3 Å². The second kappa shape index (κ2) is 7.16. The van der Waals surface area contributed by atoms with Crippen molar-refractivity contribution in [3.05, 3.63) is 35.4 Å².